The van der Waals surface area contributed by atoms with E-state index in [2.05, 4.69) is 26.0 Å². The highest BCUT2D eigenvalue weighted by Crippen LogP contribution is 1.98. The number of aliphatic hydroxyl groups excluding tert-OH is 1. The number of rotatable bonds is 5. The molecule has 1 nitrogen and oxygen atoms in total. The van der Waals surface area contributed by atoms with Crippen molar-refractivity contribution in [2.24, 2.45) is 0 Å². The lowest BCUT2D eigenvalue weighted by molar-refractivity contribution is 0.302. The van der Waals surface area contributed by atoms with Crippen molar-refractivity contribution in [3.8, 4) is 0 Å². The van der Waals surface area contributed by atoms with Crippen LogP contribution in [0.4, 0.5) is 0 Å². The van der Waals surface area contributed by atoms with E-state index < -0.39 is 0 Å². The minimum absolute atomic E-state index is 0.263. The van der Waals surface area contributed by atoms with Crippen LogP contribution in [0.1, 0.15) is 33.1 Å². The van der Waals surface area contributed by atoms with Crippen molar-refractivity contribution in [1.29, 1.82) is 0 Å². The van der Waals surface area contributed by atoms with E-state index >= 15 is 0 Å². The van der Waals surface area contributed by atoms with Gasteiger partial charge in [0.25, 0.3) is 0 Å². The Kier molecular flexibility index (Phi) is 7.16. The molecule has 0 rings (SSSR count). The van der Waals surface area contributed by atoms with Gasteiger partial charge in [-0.25, -0.2) is 0 Å². The molecule has 1 heteroatoms. The first kappa shape index (κ1) is 10.4. The van der Waals surface area contributed by atoms with Crippen molar-refractivity contribution in [2.45, 2.75) is 33.1 Å². The van der Waals surface area contributed by atoms with Crippen LogP contribution in [-0.4, -0.2) is 11.7 Å². The van der Waals surface area contributed by atoms with Gasteiger partial charge in [0.1, 0.15) is 0 Å². The van der Waals surface area contributed by atoms with Crippen LogP contribution in [0.3, 0.4) is 0 Å². The molecular formula is C10H18O. The molecule has 0 fully saturated rings. The summed E-state index contributed by atoms with van der Waals surface area (Å²) in [5, 5.41) is 8.45. The summed E-state index contributed by atoms with van der Waals surface area (Å²) in [6.45, 7) is 4.48. The van der Waals surface area contributed by atoms with Gasteiger partial charge in [-0.1, -0.05) is 23.8 Å². The SMILES string of the molecule is CC(C)=CCC/C=C\CCO. The molecule has 0 aliphatic carbocycles. The minimum Gasteiger partial charge on any atom is -0.396 e. The highest BCUT2D eigenvalue weighted by molar-refractivity contribution is 4.94. The van der Waals surface area contributed by atoms with Gasteiger partial charge in [0.05, 0.1) is 0 Å². The van der Waals surface area contributed by atoms with E-state index in [9.17, 15) is 0 Å². The summed E-state index contributed by atoms with van der Waals surface area (Å²) in [6, 6.07) is 0. The summed E-state index contributed by atoms with van der Waals surface area (Å²) < 4.78 is 0. The van der Waals surface area contributed by atoms with E-state index in [-0.39, 0.29) is 6.61 Å². The second-order valence-corrected chi connectivity index (χ2v) is 2.84. The third-order valence-electron chi connectivity index (χ3n) is 1.35. The molecular weight excluding hydrogens is 136 g/mol. The van der Waals surface area contributed by atoms with Crippen molar-refractivity contribution >= 4 is 0 Å². The quantitative estimate of drug-likeness (QED) is 0.477. The Morgan fingerprint density at radius 2 is 1.73 bits per heavy atom. The molecule has 0 amide bonds. The zero-order valence-electron chi connectivity index (χ0n) is 7.51. The monoisotopic (exact) mass is 154 g/mol. The van der Waals surface area contributed by atoms with Crippen LogP contribution in [0.25, 0.3) is 0 Å². The van der Waals surface area contributed by atoms with Gasteiger partial charge >= 0.3 is 0 Å². The Morgan fingerprint density at radius 3 is 2.27 bits per heavy atom. The lowest BCUT2D eigenvalue weighted by Gasteiger charge is -1.89. The molecule has 0 aromatic rings. The van der Waals surface area contributed by atoms with Gasteiger partial charge < -0.3 is 5.11 Å². The Hall–Kier alpha value is -0.560. The van der Waals surface area contributed by atoms with Crippen molar-refractivity contribution in [1.82, 2.24) is 0 Å². The van der Waals surface area contributed by atoms with E-state index in [4.69, 9.17) is 5.11 Å². The molecule has 0 aliphatic rings. The zero-order chi connectivity index (χ0) is 8.53. The molecule has 0 aromatic heterocycles. The maximum atomic E-state index is 8.45. The van der Waals surface area contributed by atoms with Crippen molar-refractivity contribution < 1.29 is 5.11 Å². The molecule has 0 atom stereocenters. The van der Waals surface area contributed by atoms with Crippen LogP contribution >= 0.6 is 0 Å². The van der Waals surface area contributed by atoms with E-state index in [1.54, 1.807) is 0 Å². The molecule has 11 heavy (non-hydrogen) atoms. The van der Waals surface area contributed by atoms with Crippen LogP contribution in [0.5, 0.6) is 0 Å². The number of aliphatic hydroxyl groups is 1. The second-order valence-electron chi connectivity index (χ2n) is 2.84. The number of unbranched alkanes of at least 4 members (excludes halogenated alkanes) is 1. The van der Waals surface area contributed by atoms with Gasteiger partial charge in [-0.3, -0.25) is 0 Å². The normalized spacial score (nSPS) is 10.5. The molecule has 1 N–H and O–H groups in total. The van der Waals surface area contributed by atoms with E-state index in [0.29, 0.717) is 0 Å². The van der Waals surface area contributed by atoms with E-state index in [1.165, 1.54) is 5.57 Å². The fourth-order valence-electron chi connectivity index (χ4n) is 0.778. The third-order valence-corrected chi connectivity index (χ3v) is 1.35. The summed E-state index contributed by atoms with van der Waals surface area (Å²) in [4.78, 5) is 0. The first-order valence-corrected chi connectivity index (χ1v) is 4.16. The van der Waals surface area contributed by atoms with E-state index in [0.717, 1.165) is 19.3 Å². The Labute approximate surface area is 69.4 Å². The molecule has 0 bridgehead atoms. The fraction of sp³-hybridized carbons (Fsp3) is 0.600. The predicted molar refractivity (Wildman–Crippen MR) is 49.5 cm³/mol. The third kappa shape index (κ3) is 9.44. The van der Waals surface area contributed by atoms with Gasteiger partial charge in [-0.2, -0.15) is 0 Å². The Bertz CT molecular complexity index is 130. The van der Waals surface area contributed by atoms with Gasteiger partial charge in [-0.05, 0) is 33.1 Å². The highest BCUT2D eigenvalue weighted by atomic mass is 16.2. The lowest BCUT2D eigenvalue weighted by atomic mass is 10.2. The fourth-order valence-corrected chi connectivity index (χ4v) is 0.778. The van der Waals surface area contributed by atoms with Crippen molar-refractivity contribution in [3.05, 3.63) is 23.8 Å². The van der Waals surface area contributed by atoms with Gasteiger partial charge in [-0.15, -0.1) is 0 Å². The molecule has 0 spiro atoms. The van der Waals surface area contributed by atoms with Gasteiger partial charge in [0.15, 0.2) is 0 Å². The number of hydrogen-bond acceptors (Lipinski definition) is 1. The second kappa shape index (κ2) is 7.55. The summed E-state index contributed by atoms with van der Waals surface area (Å²) in [5.41, 5.74) is 1.38. The van der Waals surface area contributed by atoms with Crippen molar-refractivity contribution in [2.75, 3.05) is 6.61 Å². The standard InChI is InChI=1S/C10H18O/c1-10(2)8-6-4-3-5-7-9-11/h3,5,8,11H,4,6-7,9H2,1-2H3/b5-3-. The predicted octanol–water partition coefficient (Wildman–Crippen LogP) is 2.67. The molecule has 0 saturated heterocycles. The van der Waals surface area contributed by atoms with Crippen LogP contribution in [0, 0.1) is 0 Å². The minimum atomic E-state index is 0.263. The summed E-state index contributed by atoms with van der Waals surface area (Å²) in [7, 11) is 0. The number of hydrogen-bond donors (Lipinski definition) is 1. The van der Waals surface area contributed by atoms with E-state index in [1.807, 2.05) is 6.08 Å². The highest BCUT2D eigenvalue weighted by Gasteiger charge is 1.78. The maximum absolute atomic E-state index is 8.45. The molecule has 0 saturated carbocycles. The molecule has 0 aliphatic heterocycles. The number of allylic oxidation sites excluding steroid dienone is 3. The summed E-state index contributed by atoms with van der Waals surface area (Å²) >= 11 is 0. The topological polar surface area (TPSA) is 20.2 Å². The average Bonchev–Trinajstić information content (AvgIpc) is 1.96. The first-order valence-electron chi connectivity index (χ1n) is 4.16. The summed E-state index contributed by atoms with van der Waals surface area (Å²) in [5.74, 6) is 0. The largest absolute Gasteiger partial charge is 0.396 e. The molecule has 0 unspecified atom stereocenters. The Morgan fingerprint density at radius 1 is 1.09 bits per heavy atom. The maximum Gasteiger partial charge on any atom is 0.0465 e. The zero-order valence-corrected chi connectivity index (χ0v) is 7.51. The molecule has 0 aromatic carbocycles. The van der Waals surface area contributed by atoms with Crippen LogP contribution in [-0.2, 0) is 0 Å². The van der Waals surface area contributed by atoms with Gasteiger partial charge in [0.2, 0.25) is 0 Å². The van der Waals surface area contributed by atoms with Crippen LogP contribution in [0.2, 0.25) is 0 Å². The summed E-state index contributed by atoms with van der Waals surface area (Å²) in [6.07, 6.45) is 9.36. The van der Waals surface area contributed by atoms with Crippen molar-refractivity contribution in [3.63, 3.8) is 0 Å². The molecule has 0 heterocycles. The Balaban J connectivity index is 3.20. The smallest absolute Gasteiger partial charge is 0.0465 e. The van der Waals surface area contributed by atoms with Gasteiger partial charge in [0, 0.05) is 6.61 Å². The van der Waals surface area contributed by atoms with Crippen LogP contribution in [0.15, 0.2) is 23.8 Å². The lowest BCUT2D eigenvalue weighted by Crippen LogP contribution is -1.75. The first-order chi connectivity index (χ1) is 5.27. The molecule has 0 radical (unpaired) electrons. The molecule has 64 valence electrons. The average molecular weight is 154 g/mol. The van der Waals surface area contributed by atoms with Crippen LogP contribution < -0.4 is 0 Å².